The summed E-state index contributed by atoms with van der Waals surface area (Å²) in [7, 11) is 0. The molecule has 1 amide bonds. The van der Waals surface area contributed by atoms with E-state index in [1.807, 2.05) is 20.8 Å². The first kappa shape index (κ1) is 15.1. The number of nitrogens with zero attached hydrogens (tertiary/aromatic N) is 1. The summed E-state index contributed by atoms with van der Waals surface area (Å²) in [5, 5.41) is 13.3. The molecule has 0 fully saturated rings. The number of nitro groups is 1. The number of rotatable bonds is 5. The summed E-state index contributed by atoms with van der Waals surface area (Å²) < 4.78 is 13.1. The van der Waals surface area contributed by atoms with Gasteiger partial charge in [-0.25, -0.2) is 0 Å². The van der Waals surface area contributed by atoms with Crippen LogP contribution in [0.15, 0.2) is 18.2 Å². The Morgan fingerprint density at radius 2 is 2.05 bits per heavy atom. The van der Waals surface area contributed by atoms with E-state index in [2.05, 4.69) is 5.32 Å². The monoisotopic (exact) mass is 268 g/mol. The largest absolute Gasteiger partial charge is 0.350 e. The van der Waals surface area contributed by atoms with Gasteiger partial charge >= 0.3 is 5.69 Å². The van der Waals surface area contributed by atoms with Crippen molar-refractivity contribution in [2.24, 2.45) is 5.92 Å². The van der Waals surface area contributed by atoms with Crippen LogP contribution in [-0.4, -0.2) is 16.9 Å². The Kier molecular flexibility index (Phi) is 4.97. The van der Waals surface area contributed by atoms with Crippen molar-refractivity contribution in [2.45, 2.75) is 33.2 Å². The van der Waals surface area contributed by atoms with E-state index in [1.54, 1.807) is 0 Å². The van der Waals surface area contributed by atoms with Crippen LogP contribution in [-0.2, 0) is 0 Å². The van der Waals surface area contributed by atoms with Gasteiger partial charge < -0.3 is 5.32 Å². The van der Waals surface area contributed by atoms with E-state index in [-0.39, 0.29) is 11.6 Å². The molecule has 1 unspecified atom stereocenters. The number of carbonyl (C=O) groups is 1. The summed E-state index contributed by atoms with van der Waals surface area (Å²) in [5.41, 5.74) is -0.604. The lowest BCUT2D eigenvalue weighted by molar-refractivity contribution is -0.387. The third-order valence-electron chi connectivity index (χ3n) is 2.61. The molecule has 1 atom stereocenters. The van der Waals surface area contributed by atoms with Gasteiger partial charge in [0.15, 0.2) is 0 Å². The number of nitro benzene ring substituents is 1. The van der Waals surface area contributed by atoms with Gasteiger partial charge in [-0.15, -0.1) is 0 Å². The lowest BCUT2D eigenvalue weighted by atomic mass is 10.0. The Balaban J connectivity index is 2.83. The highest BCUT2D eigenvalue weighted by atomic mass is 19.1. The van der Waals surface area contributed by atoms with Gasteiger partial charge in [0, 0.05) is 17.7 Å². The minimum absolute atomic E-state index is 0.0448. The molecule has 6 heteroatoms. The minimum Gasteiger partial charge on any atom is -0.350 e. The van der Waals surface area contributed by atoms with Crippen molar-refractivity contribution in [2.75, 3.05) is 0 Å². The fraction of sp³-hybridized carbons (Fsp3) is 0.462. The van der Waals surface area contributed by atoms with Crippen LogP contribution in [0.4, 0.5) is 10.1 Å². The maximum atomic E-state index is 13.1. The lowest BCUT2D eigenvalue weighted by Gasteiger charge is -2.15. The molecule has 0 radical (unpaired) electrons. The van der Waals surface area contributed by atoms with Gasteiger partial charge in [0.2, 0.25) is 5.82 Å². The summed E-state index contributed by atoms with van der Waals surface area (Å²) in [5.74, 6) is -0.953. The number of carbonyl (C=O) groups excluding carboxylic acids is 1. The molecule has 5 nitrogen and oxygen atoms in total. The van der Waals surface area contributed by atoms with Crippen molar-refractivity contribution < 1.29 is 14.1 Å². The van der Waals surface area contributed by atoms with E-state index in [9.17, 15) is 19.3 Å². The summed E-state index contributed by atoms with van der Waals surface area (Å²) >= 11 is 0. The minimum atomic E-state index is -0.947. The fourth-order valence-corrected chi connectivity index (χ4v) is 1.87. The Morgan fingerprint density at radius 1 is 1.42 bits per heavy atom. The van der Waals surface area contributed by atoms with E-state index < -0.39 is 22.3 Å². The molecule has 0 aliphatic carbocycles. The second kappa shape index (κ2) is 6.26. The molecule has 0 bridgehead atoms. The Morgan fingerprint density at radius 3 is 2.58 bits per heavy atom. The molecule has 1 rings (SSSR count). The molecule has 0 saturated carbocycles. The zero-order valence-electron chi connectivity index (χ0n) is 11.1. The Bertz CT molecular complexity index is 489. The van der Waals surface area contributed by atoms with E-state index in [0.29, 0.717) is 5.92 Å². The van der Waals surface area contributed by atoms with Crippen LogP contribution in [0.5, 0.6) is 0 Å². The first-order chi connectivity index (χ1) is 8.81. The summed E-state index contributed by atoms with van der Waals surface area (Å²) in [6.45, 7) is 5.92. The predicted octanol–water partition coefficient (Wildman–Crippen LogP) is 2.90. The molecule has 1 aromatic carbocycles. The van der Waals surface area contributed by atoms with Gasteiger partial charge in [-0.2, -0.15) is 4.39 Å². The van der Waals surface area contributed by atoms with Crippen LogP contribution in [0.25, 0.3) is 0 Å². The summed E-state index contributed by atoms with van der Waals surface area (Å²) in [6.07, 6.45) is 0.801. The zero-order valence-corrected chi connectivity index (χ0v) is 11.1. The van der Waals surface area contributed by atoms with Crippen LogP contribution in [0, 0.1) is 21.8 Å². The van der Waals surface area contributed by atoms with Crippen molar-refractivity contribution in [1.82, 2.24) is 5.32 Å². The quantitative estimate of drug-likeness (QED) is 0.659. The highest BCUT2D eigenvalue weighted by Gasteiger charge is 2.18. The van der Waals surface area contributed by atoms with Crippen LogP contribution in [0.1, 0.15) is 37.6 Å². The fourth-order valence-electron chi connectivity index (χ4n) is 1.87. The van der Waals surface area contributed by atoms with E-state index in [1.165, 1.54) is 6.07 Å². The predicted molar refractivity (Wildman–Crippen MR) is 69.4 cm³/mol. The molecule has 0 aliphatic heterocycles. The third-order valence-corrected chi connectivity index (χ3v) is 2.61. The molecule has 0 heterocycles. The standard InChI is InChI=1S/C13H17FN2O3/c1-8(2)6-9(3)15-13(17)10-4-5-11(14)12(7-10)16(18)19/h4-5,7-9H,6H2,1-3H3,(H,15,17). The number of halogens is 1. The second-order valence-corrected chi connectivity index (χ2v) is 4.93. The molecule has 0 saturated heterocycles. The topological polar surface area (TPSA) is 72.2 Å². The first-order valence-electron chi connectivity index (χ1n) is 6.06. The van der Waals surface area contributed by atoms with Crippen LogP contribution in [0.2, 0.25) is 0 Å². The smallest absolute Gasteiger partial charge is 0.305 e. The van der Waals surface area contributed by atoms with Gasteiger partial charge in [0.05, 0.1) is 4.92 Å². The SMILES string of the molecule is CC(C)CC(C)NC(=O)c1ccc(F)c([N+](=O)[O-])c1. The maximum Gasteiger partial charge on any atom is 0.305 e. The number of amides is 1. The summed E-state index contributed by atoms with van der Waals surface area (Å²) in [6, 6.07) is 3.07. The molecular formula is C13H17FN2O3. The van der Waals surface area contributed by atoms with Gasteiger partial charge in [-0.3, -0.25) is 14.9 Å². The van der Waals surface area contributed by atoms with Gasteiger partial charge in [0.25, 0.3) is 5.91 Å². The molecule has 1 N–H and O–H groups in total. The highest BCUT2D eigenvalue weighted by molar-refractivity contribution is 5.95. The Labute approximate surface area is 111 Å². The van der Waals surface area contributed by atoms with Crippen molar-refractivity contribution in [3.8, 4) is 0 Å². The average Bonchev–Trinajstić information content (AvgIpc) is 2.27. The van der Waals surface area contributed by atoms with Crippen molar-refractivity contribution in [1.29, 1.82) is 0 Å². The Hall–Kier alpha value is -1.98. The second-order valence-electron chi connectivity index (χ2n) is 4.93. The van der Waals surface area contributed by atoms with Crippen LogP contribution < -0.4 is 5.32 Å². The molecule has 19 heavy (non-hydrogen) atoms. The maximum absolute atomic E-state index is 13.1. The molecule has 104 valence electrons. The van der Waals surface area contributed by atoms with Gasteiger partial charge in [-0.1, -0.05) is 13.8 Å². The number of benzene rings is 1. The molecule has 0 aliphatic rings. The van der Waals surface area contributed by atoms with Gasteiger partial charge in [-0.05, 0) is 31.4 Å². The van der Waals surface area contributed by atoms with Crippen molar-refractivity contribution in [3.05, 3.63) is 39.7 Å². The molecule has 0 spiro atoms. The number of hydrogen-bond acceptors (Lipinski definition) is 3. The van der Waals surface area contributed by atoms with E-state index in [4.69, 9.17) is 0 Å². The summed E-state index contributed by atoms with van der Waals surface area (Å²) in [4.78, 5) is 21.6. The average molecular weight is 268 g/mol. The highest BCUT2D eigenvalue weighted by Crippen LogP contribution is 2.18. The zero-order chi connectivity index (χ0) is 14.6. The normalized spacial score (nSPS) is 12.3. The van der Waals surface area contributed by atoms with Crippen molar-refractivity contribution >= 4 is 11.6 Å². The molecule has 1 aromatic rings. The van der Waals surface area contributed by atoms with Crippen LogP contribution >= 0.6 is 0 Å². The van der Waals surface area contributed by atoms with E-state index >= 15 is 0 Å². The molecule has 0 aromatic heterocycles. The van der Waals surface area contributed by atoms with E-state index in [0.717, 1.165) is 18.6 Å². The first-order valence-corrected chi connectivity index (χ1v) is 6.06. The van der Waals surface area contributed by atoms with Crippen molar-refractivity contribution in [3.63, 3.8) is 0 Å². The molecular weight excluding hydrogens is 251 g/mol. The van der Waals surface area contributed by atoms with Gasteiger partial charge in [0.1, 0.15) is 0 Å². The number of hydrogen-bond donors (Lipinski definition) is 1. The third kappa shape index (κ3) is 4.31. The lowest BCUT2D eigenvalue weighted by Crippen LogP contribution is -2.33. The van der Waals surface area contributed by atoms with Crippen LogP contribution in [0.3, 0.4) is 0 Å². The number of nitrogens with one attached hydrogen (secondary N) is 1.